The van der Waals surface area contributed by atoms with Crippen LogP contribution in [0.4, 0.5) is 0 Å². The molecule has 2 nitrogen and oxygen atoms in total. The van der Waals surface area contributed by atoms with E-state index in [0.717, 1.165) is 12.8 Å². The van der Waals surface area contributed by atoms with Gasteiger partial charge in [0.25, 0.3) is 0 Å². The lowest BCUT2D eigenvalue weighted by Crippen LogP contribution is -1.80. The number of thioether (sulfide) groups is 1. The summed E-state index contributed by atoms with van der Waals surface area (Å²) < 4.78 is 0. The minimum absolute atomic E-state index is 0.0441. The second kappa shape index (κ2) is 8.53. The van der Waals surface area contributed by atoms with Crippen molar-refractivity contribution in [3.05, 3.63) is 12.3 Å². The van der Waals surface area contributed by atoms with E-state index in [0.29, 0.717) is 0 Å². The number of aliphatic imine (C=N–C) groups is 1. The average molecular weight is 185 g/mol. The van der Waals surface area contributed by atoms with Crippen molar-refractivity contribution in [3.8, 4) is 0 Å². The Hall–Kier alpha value is -0.570. The third kappa shape index (κ3) is 7.54. The van der Waals surface area contributed by atoms with Crippen LogP contribution in [0.25, 0.3) is 0 Å². The van der Waals surface area contributed by atoms with Gasteiger partial charge in [-0.2, -0.15) is 0 Å². The van der Waals surface area contributed by atoms with Gasteiger partial charge in [0.1, 0.15) is 0 Å². The van der Waals surface area contributed by atoms with Crippen LogP contribution in [0, 0.1) is 0 Å². The van der Waals surface area contributed by atoms with Crippen molar-refractivity contribution in [2.45, 2.75) is 26.2 Å². The molecule has 0 radical (unpaired) electrons. The highest BCUT2D eigenvalue weighted by Gasteiger charge is 1.86. The lowest BCUT2D eigenvalue weighted by atomic mass is 10.3. The molecule has 0 N–H and O–H groups in total. The fraction of sp³-hybridized carbons (Fsp3) is 0.556. The van der Waals surface area contributed by atoms with Crippen molar-refractivity contribution in [1.82, 2.24) is 0 Å². The van der Waals surface area contributed by atoms with Gasteiger partial charge in [-0.1, -0.05) is 25.1 Å². The Morgan fingerprint density at radius 3 is 2.92 bits per heavy atom. The van der Waals surface area contributed by atoms with Gasteiger partial charge in [0.15, 0.2) is 0 Å². The van der Waals surface area contributed by atoms with Gasteiger partial charge in [-0.25, -0.2) is 0 Å². The molecule has 0 saturated carbocycles. The molecule has 0 rings (SSSR count). The first-order valence-electron chi connectivity index (χ1n) is 4.07. The van der Waals surface area contributed by atoms with Crippen molar-refractivity contribution < 1.29 is 4.79 Å². The Balaban J connectivity index is 3.45. The second-order valence-corrected chi connectivity index (χ2v) is 3.12. The molecule has 0 aromatic heterocycles. The fourth-order valence-electron chi connectivity index (χ4n) is 0.603. The molecule has 0 aliphatic heterocycles. The van der Waals surface area contributed by atoms with Crippen LogP contribution in [0.2, 0.25) is 0 Å². The number of carbonyl (C=O) groups excluding carboxylic acids is 1. The van der Waals surface area contributed by atoms with E-state index in [4.69, 9.17) is 0 Å². The smallest absolute Gasteiger partial charge is 0.213 e. The first-order chi connectivity index (χ1) is 5.81. The van der Waals surface area contributed by atoms with Crippen LogP contribution in [0.5, 0.6) is 0 Å². The van der Waals surface area contributed by atoms with Gasteiger partial charge in [0.05, 0.1) is 0 Å². The van der Waals surface area contributed by atoms with E-state index in [2.05, 4.69) is 11.9 Å². The predicted octanol–water partition coefficient (Wildman–Crippen LogP) is 2.65. The Kier molecular flexibility index (Phi) is 8.12. The van der Waals surface area contributed by atoms with E-state index in [-0.39, 0.29) is 5.12 Å². The van der Waals surface area contributed by atoms with Crippen LogP contribution in [0.15, 0.2) is 17.3 Å². The highest BCUT2D eigenvalue weighted by molar-refractivity contribution is 8.13. The summed E-state index contributed by atoms with van der Waals surface area (Å²) in [5.74, 6) is 0. The summed E-state index contributed by atoms with van der Waals surface area (Å²) >= 11 is 1.19. The second-order valence-electron chi connectivity index (χ2n) is 2.31. The maximum absolute atomic E-state index is 10.7. The molecular formula is C9H15NOS. The monoisotopic (exact) mass is 185 g/mol. The van der Waals surface area contributed by atoms with Gasteiger partial charge >= 0.3 is 0 Å². The number of carbonyl (C=O) groups is 1. The van der Waals surface area contributed by atoms with E-state index < -0.39 is 0 Å². The zero-order valence-corrected chi connectivity index (χ0v) is 8.43. The molecule has 0 spiro atoms. The maximum atomic E-state index is 10.7. The summed E-state index contributed by atoms with van der Waals surface area (Å²) in [6.07, 6.45) is 9.96. The van der Waals surface area contributed by atoms with Crippen molar-refractivity contribution >= 4 is 23.1 Å². The highest BCUT2D eigenvalue weighted by atomic mass is 32.2. The topological polar surface area (TPSA) is 29.4 Å². The maximum Gasteiger partial charge on any atom is 0.213 e. The molecular weight excluding hydrogens is 170 g/mol. The molecule has 0 saturated heterocycles. The minimum atomic E-state index is 0.0441. The molecule has 0 fully saturated rings. The Labute approximate surface area is 78.1 Å². The fourth-order valence-corrected chi connectivity index (χ4v) is 0.800. The number of unbranched alkanes of at least 4 members (excludes halogenated alkanes) is 2. The van der Waals surface area contributed by atoms with Gasteiger partial charge in [0.2, 0.25) is 5.12 Å². The molecule has 0 aliphatic carbocycles. The molecule has 0 amide bonds. The molecule has 0 bridgehead atoms. The molecule has 12 heavy (non-hydrogen) atoms. The summed E-state index contributed by atoms with van der Waals surface area (Å²) in [6.45, 7) is 2.14. The molecule has 0 atom stereocenters. The molecule has 0 aromatic carbocycles. The minimum Gasteiger partial charge on any atom is -0.282 e. The van der Waals surface area contributed by atoms with Crippen LogP contribution >= 0.6 is 11.8 Å². The van der Waals surface area contributed by atoms with E-state index in [1.165, 1.54) is 24.3 Å². The summed E-state index contributed by atoms with van der Waals surface area (Å²) in [5, 5.41) is 0.0441. The third-order valence-electron chi connectivity index (χ3n) is 1.29. The van der Waals surface area contributed by atoms with Crippen LogP contribution < -0.4 is 0 Å². The molecule has 68 valence electrons. The Bertz CT molecular complexity index is 175. The van der Waals surface area contributed by atoms with E-state index in [1.807, 2.05) is 6.21 Å². The van der Waals surface area contributed by atoms with Gasteiger partial charge in [-0.15, -0.1) is 0 Å². The highest BCUT2D eigenvalue weighted by Crippen LogP contribution is 1.95. The molecule has 0 aromatic rings. The third-order valence-corrected chi connectivity index (χ3v) is 1.83. The summed E-state index contributed by atoms with van der Waals surface area (Å²) in [7, 11) is 0. The molecule has 0 unspecified atom stereocenters. The van der Waals surface area contributed by atoms with Crippen molar-refractivity contribution in [2.75, 3.05) is 6.26 Å². The lowest BCUT2D eigenvalue weighted by Gasteiger charge is -1.85. The molecule has 0 aliphatic rings. The van der Waals surface area contributed by atoms with Crippen molar-refractivity contribution in [2.24, 2.45) is 4.99 Å². The van der Waals surface area contributed by atoms with Crippen LogP contribution in [-0.4, -0.2) is 17.6 Å². The first kappa shape index (κ1) is 11.4. The number of hydrogen-bond acceptors (Lipinski definition) is 3. The van der Waals surface area contributed by atoms with Crippen LogP contribution in [-0.2, 0) is 4.79 Å². The van der Waals surface area contributed by atoms with E-state index in [1.54, 1.807) is 12.5 Å². The molecule has 3 heteroatoms. The zero-order valence-electron chi connectivity index (χ0n) is 7.62. The summed E-state index contributed by atoms with van der Waals surface area (Å²) in [5.41, 5.74) is 0. The SMILES string of the molecule is CCCCC=N/C=C/C(=O)SC. The van der Waals surface area contributed by atoms with E-state index in [9.17, 15) is 4.79 Å². The molecule has 0 heterocycles. The first-order valence-corrected chi connectivity index (χ1v) is 5.30. The van der Waals surface area contributed by atoms with Crippen LogP contribution in [0.3, 0.4) is 0 Å². The largest absolute Gasteiger partial charge is 0.282 e. The normalized spacial score (nSPS) is 11.5. The standard InChI is InChI=1S/C9H15NOS/c1-3-4-5-7-10-8-6-9(11)12-2/h6-8H,3-5H2,1-2H3/b8-6+,10-7?. The average Bonchev–Trinajstić information content (AvgIpc) is 2.10. The summed E-state index contributed by atoms with van der Waals surface area (Å²) in [4.78, 5) is 14.7. The van der Waals surface area contributed by atoms with Gasteiger partial charge in [-0.3, -0.25) is 9.79 Å². The Morgan fingerprint density at radius 1 is 1.58 bits per heavy atom. The Morgan fingerprint density at radius 2 is 2.33 bits per heavy atom. The van der Waals surface area contributed by atoms with Gasteiger partial charge in [0, 0.05) is 18.5 Å². The van der Waals surface area contributed by atoms with Gasteiger partial charge < -0.3 is 0 Å². The quantitative estimate of drug-likeness (QED) is 0.374. The van der Waals surface area contributed by atoms with Gasteiger partial charge in [-0.05, 0) is 19.1 Å². The van der Waals surface area contributed by atoms with Crippen LogP contribution in [0.1, 0.15) is 26.2 Å². The number of hydrogen-bond donors (Lipinski definition) is 0. The number of nitrogens with zero attached hydrogens (tertiary/aromatic N) is 1. The number of rotatable bonds is 5. The zero-order chi connectivity index (χ0) is 9.23. The van der Waals surface area contributed by atoms with Crippen molar-refractivity contribution in [3.63, 3.8) is 0 Å². The summed E-state index contributed by atoms with van der Waals surface area (Å²) in [6, 6.07) is 0. The van der Waals surface area contributed by atoms with Crippen molar-refractivity contribution in [1.29, 1.82) is 0 Å². The predicted molar refractivity (Wildman–Crippen MR) is 55.7 cm³/mol. The van der Waals surface area contributed by atoms with E-state index >= 15 is 0 Å². The lowest BCUT2D eigenvalue weighted by molar-refractivity contribution is -0.107.